The number of rotatable bonds is 3. The average Bonchev–Trinajstić information content (AvgIpc) is 2.86. The molecule has 0 saturated heterocycles. The molecule has 2 rings (SSSR count). The van der Waals surface area contributed by atoms with Crippen LogP contribution in [-0.4, -0.2) is 26.5 Å². The Morgan fingerprint density at radius 3 is 2.75 bits per heavy atom. The van der Waals surface area contributed by atoms with Crippen LogP contribution in [0.15, 0.2) is 17.6 Å². The van der Waals surface area contributed by atoms with Gasteiger partial charge in [0.25, 0.3) is 5.91 Å². The molecule has 0 atom stereocenters. The number of hydrogen-bond donors (Lipinski definition) is 1. The molecule has 0 aliphatic carbocycles. The first-order chi connectivity index (χ1) is 7.58. The van der Waals surface area contributed by atoms with Gasteiger partial charge >= 0.3 is 0 Å². The second-order valence-corrected chi connectivity index (χ2v) is 3.93. The lowest BCUT2D eigenvalue weighted by molar-refractivity contribution is 0.0991. The molecular formula is C9H8N4O2S. The maximum absolute atomic E-state index is 11.0. The van der Waals surface area contributed by atoms with Crippen LogP contribution < -0.4 is 5.73 Å². The molecule has 0 fully saturated rings. The summed E-state index contributed by atoms with van der Waals surface area (Å²) in [6.45, 7) is 1.44. The average molecular weight is 236 g/mol. The van der Waals surface area contributed by atoms with Crippen molar-refractivity contribution in [3.05, 3.63) is 28.3 Å². The van der Waals surface area contributed by atoms with Crippen LogP contribution in [0.1, 0.15) is 27.2 Å². The van der Waals surface area contributed by atoms with Gasteiger partial charge in [0, 0.05) is 18.5 Å². The summed E-state index contributed by atoms with van der Waals surface area (Å²) in [4.78, 5) is 26.0. The molecule has 82 valence electrons. The highest BCUT2D eigenvalue weighted by Crippen LogP contribution is 2.13. The maximum atomic E-state index is 11.0. The zero-order valence-corrected chi connectivity index (χ0v) is 9.19. The van der Waals surface area contributed by atoms with E-state index in [1.165, 1.54) is 29.0 Å². The molecule has 2 aromatic rings. The van der Waals surface area contributed by atoms with Crippen molar-refractivity contribution in [2.45, 2.75) is 6.92 Å². The number of amides is 1. The van der Waals surface area contributed by atoms with Crippen LogP contribution >= 0.6 is 11.3 Å². The van der Waals surface area contributed by atoms with Gasteiger partial charge in [0.2, 0.25) is 0 Å². The fourth-order valence-corrected chi connectivity index (χ4v) is 1.81. The molecule has 0 bridgehead atoms. The van der Waals surface area contributed by atoms with Crippen LogP contribution in [0.4, 0.5) is 0 Å². The molecule has 0 saturated carbocycles. The lowest BCUT2D eigenvalue weighted by Gasteiger charge is -1.93. The van der Waals surface area contributed by atoms with Crippen LogP contribution in [0.3, 0.4) is 0 Å². The Hall–Kier alpha value is -2.02. The summed E-state index contributed by atoms with van der Waals surface area (Å²) in [5.41, 5.74) is 5.24. The van der Waals surface area contributed by atoms with E-state index >= 15 is 0 Å². The van der Waals surface area contributed by atoms with E-state index in [4.69, 9.17) is 5.73 Å². The third-order valence-corrected chi connectivity index (χ3v) is 2.80. The van der Waals surface area contributed by atoms with E-state index in [-0.39, 0.29) is 11.5 Å². The number of aromatic nitrogens is 3. The highest BCUT2D eigenvalue weighted by atomic mass is 32.1. The molecule has 1 amide bonds. The summed E-state index contributed by atoms with van der Waals surface area (Å²) in [6, 6.07) is 1.50. The predicted octanol–water partition coefficient (Wildman–Crippen LogP) is 0.630. The van der Waals surface area contributed by atoms with Crippen molar-refractivity contribution < 1.29 is 9.59 Å². The monoisotopic (exact) mass is 236 g/mol. The minimum Gasteiger partial charge on any atom is -0.364 e. The Balaban J connectivity index is 2.35. The van der Waals surface area contributed by atoms with E-state index in [1.807, 2.05) is 0 Å². The summed E-state index contributed by atoms with van der Waals surface area (Å²) >= 11 is 1.23. The van der Waals surface area contributed by atoms with E-state index < -0.39 is 5.91 Å². The topological polar surface area (TPSA) is 90.9 Å². The molecule has 16 heavy (non-hydrogen) atoms. The van der Waals surface area contributed by atoms with Gasteiger partial charge in [0.1, 0.15) is 5.69 Å². The number of primary amides is 1. The molecule has 0 spiro atoms. The van der Waals surface area contributed by atoms with Crippen LogP contribution in [0.5, 0.6) is 0 Å². The van der Waals surface area contributed by atoms with Gasteiger partial charge in [-0.1, -0.05) is 0 Å². The highest BCUT2D eigenvalue weighted by molar-refractivity contribution is 7.11. The Morgan fingerprint density at radius 2 is 2.25 bits per heavy atom. The third-order valence-electron chi connectivity index (χ3n) is 1.87. The number of ketones is 1. The Bertz CT molecular complexity index is 507. The lowest BCUT2D eigenvalue weighted by atomic mass is 10.4. The first-order valence-electron chi connectivity index (χ1n) is 4.40. The Kier molecular flexibility index (Phi) is 2.53. The van der Waals surface area contributed by atoms with Crippen molar-refractivity contribution in [1.29, 1.82) is 0 Å². The minimum absolute atomic E-state index is 0.0986. The number of carbonyl (C=O) groups excluding carboxylic acids is 2. The molecule has 0 aliphatic heterocycles. The van der Waals surface area contributed by atoms with Gasteiger partial charge in [0.05, 0.1) is 0 Å². The first-order valence-corrected chi connectivity index (χ1v) is 5.28. The predicted molar refractivity (Wildman–Crippen MR) is 57.8 cm³/mol. The maximum Gasteiger partial charge on any atom is 0.269 e. The molecular weight excluding hydrogens is 228 g/mol. The number of Topliss-reactive ketones (excluding diaryl/α,β-unsaturated/α-hetero) is 1. The van der Waals surface area contributed by atoms with Crippen molar-refractivity contribution in [2.24, 2.45) is 5.73 Å². The second kappa shape index (κ2) is 3.86. The standard InChI is InChI=1S/C9H8N4O2S/c1-5(14)9-11-7(4-16-9)13-3-2-6(12-13)8(10)15/h2-4H,1H3,(H2,10,15). The van der Waals surface area contributed by atoms with E-state index in [9.17, 15) is 9.59 Å². The van der Waals surface area contributed by atoms with Gasteiger partial charge in [-0.25, -0.2) is 9.67 Å². The van der Waals surface area contributed by atoms with Crippen molar-refractivity contribution in [2.75, 3.05) is 0 Å². The van der Waals surface area contributed by atoms with Crippen molar-refractivity contribution in [1.82, 2.24) is 14.8 Å². The summed E-state index contributed by atoms with van der Waals surface area (Å²) in [5.74, 6) is -0.193. The third kappa shape index (κ3) is 1.84. The molecule has 6 nitrogen and oxygen atoms in total. The van der Waals surface area contributed by atoms with Gasteiger partial charge in [-0.3, -0.25) is 9.59 Å². The zero-order chi connectivity index (χ0) is 11.7. The van der Waals surface area contributed by atoms with Gasteiger partial charge in [-0.15, -0.1) is 11.3 Å². The molecule has 0 unspecified atom stereocenters. The molecule has 2 heterocycles. The lowest BCUT2D eigenvalue weighted by Crippen LogP contribution is -2.12. The van der Waals surface area contributed by atoms with E-state index in [1.54, 1.807) is 11.6 Å². The molecule has 2 N–H and O–H groups in total. The van der Waals surface area contributed by atoms with Crippen molar-refractivity contribution in [3.8, 4) is 5.82 Å². The van der Waals surface area contributed by atoms with E-state index in [2.05, 4.69) is 10.1 Å². The largest absolute Gasteiger partial charge is 0.364 e. The normalized spacial score (nSPS) is 10.3. The number of nitrogens with zero attached hydrogens (tertiary/aromatic N) is 3. The second-order valence-electron chi connectivity index (χ2n) is 3.08. The molecule has 0 aliphatic rings. The van der Waals surface area contributed by atoms with Crippen LogP contribution in [-0.2, 0) is 0 Å². The highest BCUT2D eigenvalue weighted by Gasteiger charge is 2.10. The van der Waals surface area contributed by atoms with Crippen molar-refractivity contribution >= 4 is 23.0 Å². The smallest absolute Gasteiger partial charge is 0.269 e. The molecule has 0 aromatic carbocycles. The fraction of sp³-hybridized carbons (Fsp3) is 0.111. The molecule has 0 radical (unpaired) electrons. The number of carbonyl (C=O) groups is 2. The molecule has 2 aromatic heterocycles. The van der Waals surface area contributed by atoms with E-state index in [0.717, 1.165) is 0 Å². The minimum atomic E-state index is -0.597. The Labute approximate surface area is 94.7 Å². The van der Waals surface area contributed by atoms with Crippen LogP contribution in [0.2, 0.25) is 0 Å². The quantitative estimate of drug-likeness (QED) is 0.791. The van der Waals surface area contributed by atoms with Gasteiger partial charge in [-0.2, -0.15) is 5.10 Å². The van der Waals surface area contributed by atoms with Gasteiger partial charge in [0.15, 0.2) is 16.6 Å². The van der Waals surface area contributed by atoms with Crippen molar-refractivity contribution in [3.63, 3.8) is 0 Å². The molecule has 7 heteroatoms. The van der Waals surface area contributed by atoms with Crippen LogP contribution in [0.25, 0.3) is 5.82 Å². The number of hydrogen-bond acceptors (Lipinski definition) is 5. The summed E-state index contributed by atoms with van der Waals surface area (Å²) < 4.78 is 1.41. The van der Waals surface area contributed by atoms with E-state index in [0.29, 0.717) is 10.8 Å². The summed E-state index contributed by atoms with van der Waals surface area (Å²) in [6.07, 6.45) is 1.57. The summed E-state index contributed by atoms with van der Waals surface area (Å²) in [5, 5.41) is 6.03. The fourth-order valence-electron chi connectivity index (χ4n) is 1.12. The first kappa shape index (κ1) is 10.5. The van der Waals surface area contributed by atoms with Gasteiger partial charge < -0.3 is 5.73 Å². The zero-order valence-electron chi connectivity index (χ0n) is 8.38. The number of nitrogens with two attached hydrogens (primary N) is 1. The van der Waals surface area contributed by atoms with Gasteiger partial charge in [-0.05, 0) is 6.07 Å². The number of thiazole rings is 1. The summed E-state index contributed by atoms with van der Waals surface area (Å²) in [7, 11) is 0. The van der Waals surface area contributed by atoms with Crippen LogP contribution in [0, 0.1) is 0 Å². The SMILES string of the molecule is CC(=O)c1nc(-n2ccc(C(N)=O)n2)cs1. The Morgan fingerprint density at radius 1 is 1.50 bits per heavy atom.